The lowest BCUT2D eigenvalue weighted by Gasteiger charge is -2.16. The van der Waals surface area contributed by atoms with Gasteiger partial charge in [-0.1, -0.05) is 12.8 Å². The van der Waals surface area contributed by atoms with E-state index in [1.54, 1.807) is 0 Å². The van der Waals surface area contributed by atoms with E-state index >= 15 is 0 Å². The van der Waals surface area contributed by atoms with E-state index < -0.39 is 0 Å². The second-order valence-corrected chi connectivity index (χ2v) is 5.56. The summed E-state index contributed by atoms with van der Waals surface area (Å²) in [5.74, 6) is 2.27. The Labute approximate surface area is 97.4 Å². The monoisotopic (exact) mass is 222 g/mol. The first kappa shape index (κ1) is 10.6. The van der Waals surface area contributed by atoms with Crippen LogP contribution in [0.3, 0.4) is 0 Å². The smallest absolute Gasteiger partial charge is 0.0973 e. The Kier molecular flexibility index (Phi) is 2.88. The zero-order chi connectivity index (χ0) is 11.0. The highest BCUT2D eigenvalue weighted by Gasteiger charge is 2.40. The third-order valence-electron chi connectivity index (χ3n) is 4.28. The fourth-order valence-electron chi connectivity index (χ4n) is 3.13. The molecule has 0 bridgehead atoms. The fourth-order valence-corrected chi connectivity index (χ4v) is 3.13. The van der Waals surface area contributed by atoms with Gasteiger partial charge in [-0.15, -0.1) is 0 Å². The van der Waals surface area contributed by atoms with Crippen LogP contribution in [0.1, 0.15) is 44.9 Å². The van der Waals surface area contributed by atoms with E-state index in [-0.39, 0.29) is 0 Å². The van der Waals surface area contributed by atoms with Crippen molar-refractivity contribution in [3.63, 3.8) is 0 Å². The lowest BCUT2D eigenvalue weighted by atomic mass is 10.0. The van der Waals surface area contributed by atoms with Crippen LogP contribution in [0.25, 0.3) is 0 Å². The van der Waals surface area contributed by atoms with Crippen molar-refractivity contribution in [2.45, 2.75) is 57.1 Å². The van der Waals surface area contributed by atoms with Crippen molar-refractivity contribution in [2.24, 2.45) is 22.6 Å². The first-order valence-corrected chi connectivity index (χ1v) is 6.79. The Morgan fingerprint density at radius 2 is 1.81 bits per heavy atom. The van der Waals surface area contributed by atoms with E-state index in [4.69, 9.17) is 15.5 Å². The van der Waals surface area contributed by atoms with E-state index in [1.165, 1.54) is 38.5 Å². The van der Waals surface area contributed by atoms with E-state index in [9.17, 15) is 0 Å². The Morgan fingerprint density at radius 3 is 2.50 bits per heavy atom. The van der Waals surface area contributed by atoms with Crippen LogP contribution in [0.2, 0.25) is 0 Å². The molecule has 0 aromatic heterocycles. The van der Waals surface area contributed by atoms with Crippen LogP contribution < -0.4 is 5.73 Å². The molecule has 1 saturated heterocycles. The molecule has 0 amide bonds. The quantitative estimate of drug-likeness (QED) is 0.587. The van der Waals surface area contributed by atoms with Gasteiger partial charge in [-0.3, -0.25) is 4.99 Å². The Morgan fingerprint density at radius 1 is 1.06 bits per heavy atom. The molecule has 0 aromatic rings. The molecule has 0 radical (unpaired) electrons. The van der Waals surface area contributed by atoms with Crippen molar-refractivity contribution in [2.75, 3.05) is 6.61 Å². The maximum Gasteiger partial charge on any atom is 0.0973 e. The van der Waals surface area contributed by atoms with Crippen LogP contribution >= 0.6 is 0 Å². The summed E-state index contributed by atoms with van der Waals surface area (Å²) in [7, 11) is 0. The second kappa shape index (κ2) is 4.36. The van der Waals surface area contributed by atoms with E-state index in [1.807, 2.05) is 0 Å². The van der Waals surface area contributed by atoms with Crippen molar-refractivity contribution in [3.8, 4) is 0 Å². The molecule has 3 fully saturated rings. The van der Waals surface area contributed by atoms with Crippen LogP contribution in [-0.2, 0) is 4.74 Å². The molecular formula is C13H22N2O. The van der Waals surface area contributed by atoms with Crippen molar-refractivity contribution in [1.29, 1.82) is 0 Å². The predicted molar refractivity (Wildman–Crippen MR) is 64.4 cm³/mol. The average Bonchev–Trinajstić information content (AvgIpc) is 2.83. The summed E-state index contributed by atoms with van der Waals surface area (Å²) in [6.07, 6.45) is 9.28. The van der Waals surface area contributed by atoms with Crippen molar-refractivity contribution < 1.29 is 4.74 Å². The molecule has 2 atom stereocenters. The molecule has 2 N–H and O–H groups in total. The zero-order valence-electron chi connectivity index (χ0n) is 9.90. The Balaban J connectivity index is 1.64. The van der Waals surface area contributed by atoms with Gasteiger partial charge in [0.05, 0.1) is 18.0 Å². The number of hydrogen-bond donors (Lipinski definition) is 1. The first-order chi connectivity index (χ1) is 7.84. The van der Waals surface area contributed by atoms with Crippen LogP contribution in [0, 0.1) is 11.8 Å². The van der Waals surface area contributed by atoms with Crippen molar-refractivity contribution >= 4 is 5.84 Å². The van der Waals surface area contributed by atoms with Gasteiger partial charge in [0, 0.05) is 12.5 Å². The van der Waals surface area contributed by atoms with Gasteiger partial charge in [-0.05, 0) is 38.0 Å². The number of nitrogens with two attached hydrogens (primary N) is 1. The lowest BCUT2D eigenvalue weighted by Crippen LogP contribution is -2.28. The van der Waals surface area contributed by atoms with Gasteiger partial charge in [-0.2, -0.15) is 0 Å². The average molecular weight is 222 g/mol. The molecule has 1 aliphatic heterocycles. The van der Waals surface area contributed by atoms with Crippen LogP contribution in [-0.4, -0.2) is 24.6 Å². The lowest BCUT2D eigenvalue weighted by molar-refractivity contribution is 0.0874. The van der Waals surface area contributed by atoms with Gasteiger partial charge in [0.25, 0.3) is 0 Å². The number of aliphatic imine (C=N–C) groups is 1. The highest BCUT2D eigenvalue weighted by Crippen LogP contribution is 2.40. The maximum atomic E-state index is 6.14. The van der Waals surface area contributed by atoms with Gasteiger partial charge in [0.15, 0.2) is 0 Å². The Bertz CT molecular complexity index is 280. The molecule has 2 unspecified atom stereocenters. The molecule has 1 heterocycles. The molecule has 3 rings (SSSR count). The number of amidine groups is 1. The number of ether oxygens (including phenoxy) is 1. The normalized spacial score (nSPS) is 37.1. The minimum Gasteiger partial charge on any atom is -0.387 e. The predicted octanol–water partition coefficient (Wildman–Crippen LogP) is 2.10. The molecule has 0 aromatic carbocycles. The van der Waals surface area contributed by atoms with E-state index in [0.717, 1.165) is 24.8 Å². The maximum absolute atomic E-state index is 6.14. The summed E-state index contributed by atoms with van der Waals surface area (Å²) in [6, 6.07) is 0.369. The standard InChI is InChI=1S/C13H22N2O/c14-13(10-3-1-2-4-10)15-11-7-8-16-12(11)9-5-6-9/h9-12H,1-8H2,(H2,14,15). The number of nitrogens with zero attached hydrogens (tertiary/aromatic N) is 1. The van der Waals surface area contributed by atoms with Gasteiger partial charge >= 0.3 is 0 Å². The van der Waals surface area contributed by atoms with Crippen LogP contribution in [0.5, 0.6) is 0 Å². The number of hydrogen-bond acceptors (Lipinski definition) is 2. The van der Waals surface area contributed by atoms with Crippen LogP contribution in [0.4, 0.5) is 0 Å². The van der Waals surface area contributed by atoms with E-state index in [0.29, 0.717) is 18.1 Å². The SMILES string of the molecule is NC(=NC1CCOC1C1CC1)C1CCCC1. The summed E-state index contributed by atoms with van der Waals surface area (Å²) in [5.41, 5.74) is 6.14. The van der Waals surface area contributed by atoms with E-state index in [2.05, 4.69) is 0 Å². The minimum atomic E-state index is 0.369. The third-order valence-corrected chi connectivity index (χ3v) is 4.28. The van der Waals surface area contributed by atoms with Crippen LogP contribution in [0.15, 0.2) is 4.99 Å². The molecule has 3 nitrogen and oxygen atoms in total. The minimum absolute atomic E-state index is 0.369. The largest absolute Gasteiger partial charge is 0.387 e. The summed E-state index contributed by atoms with van der Waals surface area (Å²) in [5, 5.41) is 0. The molecule has 2 aliphatic carbocycles. The third kappa shape index (κ3) is 2.10. The second-order valence-electron chi connectivity index (χ2n) is 5.56. The van der Waals surface area contributed by atoms with Gasteiger partial charge in [-0.25, -0.2) is 0 Å². The topological polar surface area (TPSA) is 47.6 Å². The molecule has 90 valence electrons. The highest BCUT2D eigenvalue weighted by atomic mass is 16.5. The van der Waals surface area contributed by atoms with Gasteiger partial charge in [0.2, 0.25) is 0 Å². The molecule has 2 saturated carbocycles. The summed E-state index contributed by atoms with van der Waals surface area (Å²) in [6.45, 7) is 0.882. The summed E-state index contributed by atoms with van der Waals surface area (Å²) < 4.78 is 5.79. The summed E-state index contributed by atoms with van der Waals surface area (Å²) in [4.78, 5) is 4.77. The molecular weight excluding hydrogens is 200 g/mol. The first-order valence-electron chi connectivity index (χ1n) is 6.79. The highest BCUT2D eigenvalue weighted by molar-refractivity contribution is 5.83. The van der Waals surface area contributed by atoms with Gasteiger partial charge < -0.3 is 10.5 Å². The molecule has 3 heteroatoms. The molecule has 3 aliphatic rings. The summed E-state index contributed by atoms with van der Waals surface area (Å²) >= 11 is 0. The van der Waals surface area contributed by atoms with Crippen molar-refractivity contribution in [1.82, 2.24) is 0 Å². The fraction of sp³-hybridized carbons (Fsp3) is 0.923. The molecule has 16 heavy (non-hydrogen) atoms. The van der Waals surface area contributed by atoms with Gasteiger partial charge in [0.1, 0.15) is 0 Å². The van der Waals surface area contributed by atoms with Crippen molar-refractivity contribution in [3.05, 3.63) is 0 Å². The Hall–Kier alpha value is -0.570. The molecule has 0 spiro atoms. The number of rotatable bonds is 3. The zero-order valence-corrected chi connectivity index (χ0v) is 9.90.